The minimum absolute atomic E-state index is 0.835. The highest BCUT2D eigenvalue weighted by Crippen LogP contribution is 2.28. The Balaban J connectivity index is 5.13. The lowest BCUT2D eigenvalue weighted by Crippen LogP contribution is -2.54. The maximum atomic E-state index is 5.60. The van der Waals surface area contributed by atoms with Gasteiger partial charge in [-0.25, -0.2) is 0 Å². The van der Waals surface area contributed by atoms with Gasteiger partial charge in [-0.05, 0) is 44.1 Å². The van der Waals surface area contributed by atoms with E-state index >= 15 is 0 Å². The van der Waals surface area contributed by atoms with E-state index in [-0.39, 0.29) is 0 Å². The van der Waals surface area contributed by atoms with E-state index in [0.29, 0.717) is 0 Å². The van der Waals surface area contributed by atoms with Crippen molar-refractivity contribution in [1.29, 1.82) is 0 Å². The first-order chi connectivity index (χ1) is 13.4. The van der Waals surface area contributed by atoms with Gasteiger partial charge in [0.2, 0.25) is 0 Å². The molecule has 0 N–H and O–H groups in total. The van der Waals surface area contributed by atoms with Crippen molar-refractivity contribution < 1.29 is 26.6 Å². The van der Waals surface area contributed by atoms with Gasteiger partial charge in [0, 0.05) is 54.7 Å². The highest BCUT2D eigenvalue weighted by atomic mass is 28.4. The highest BCUT2D eigenvalue weighted by molar-refractivity contribution is 6.77. The first-order valence-electron chi connectivity index (χ1n) is 10.4. The van der Waals surface area contributed by atoms with Gasteiger partial charge in [-0.15, -0.1) is 0 Å². The van der Waals surface area contributed by atoms with Crippen LogP contribution >= 0.6 is 0 Å². The Kier molecular flexibility index (Phi) is 14.6. The molecule has 0 heterocycles. The van der Waals surface area contributed by atoms with Crippen LogP contribution < -0.4 is 0 Å². The van der Waals surface area contributed by atoms with E-state index in [2.05, 4.69) is 25.3 Å². The van der Waals surface area contributed by atoms with Crippen molar-refractivity contribution in [3.05, 3.63) is 0 Å². The van der Waals surface area contributed by atoms with Gasteiger partial charge in [-0.2, -0.15) is 0 Å². The van der Waals surface area contributed by atoms with Crippen molar-refractivity contribution in [2.24, 2.45) is 0 Å². The van der Waals surface area contributed by atoms with Crippen LogP contribution in [0.2, 0.25) is 30.2 Å². The van der Waals surface area contributed by atoms with Crippen LogP contribution in [0.5, 0.6) is 0 Å². The van der Waals surface area contributed by atoms with Crippen LogP contribution in [-0.4, -0.2) is 86.2 Å². The van der Waals surface area contributed by atoms with Crippen LogP contribution in [-0.2, 0) is 26.6 Å². The average Bonchev–Trinajstić information content (AvgIpc) is 2.76. The maximum absolute atomic E-state index is 5.60. The first kappa shape index (κ1) is 28.4. The van der Waals surface area contributed by atoms with Crippen molar-refractivity contribution in [2.45, 2.75) is 63.8 Å². The molecule has 0 aromatic rings. The van der Waals surface area contributed by atoms with Crippen LogP contribution in [0, 0.1) is 0 Å². The minimum Gasteiger partial charge on any atom is -0.377 e. The second-order valence-corrected chi connectivity index (χ2v) is 18.5. The molecular weight excluding hydrogens is 410 g/mol. The van der Waals surface area contributed by atoms with E-state index in [9.17, 15) is 0 Å². The third-order valence-electron chi connectivity index (χ3n) is 6.33. The van der Waals surface area contributed by atoms with Crippen molar-refractivity contribution >= 4 is 25.8 Å². The predicted molar refractivity (Wildman–Crippen MR) is 121 cm³/mol. The number of rotatable bonds is 18. The molecular formula is C18H45NO6Si3. The summed E-state index contributed by atoms with van der Waals surface area (Å²) in [5.41, 5.74) is 0. The van der Waals surface area contributed by atoms with Crippen molar-refractivity contribution in [3.63, 3.8) is 0 Å². The molecule has 0 saturated carbocycles. The standard InChI is InChI=1S/C18H45NO6Si3/c1-10-26(11-2,12-3)19(15-13-17-27(20-4,21-5)22-6)16-14-18-28(23-7,24-8)25-9/h10-18H2,1-9H3. The molecule has 0 fully saturated rings. The summed E-state index contributed by atoms with van der Waals surface area (Å²) in [6, 6.07) is 5.47. The zero-order valence-electron chi connectivity index (χ0n) is 19.8. The highest BCUT2D eigenvalue weighted by Gasteiger charge is 2.40. The Bertz CT molecular complexity index is 343. The monoisotopic (exact) mass is 455 g/mol. The van der Waals surface area contributed by atoms with E-state index in [0.717, 1.165) is 38.0 Å². The summed E-state index contributed by atoms with van der Waals surface area (Å²) in [5, 5.41) is 0. The second-order valence-electron chi connectivity index (χ2n) is 7.07. The van der Waals surface area contributed by atoms with Gasteiger partial charge in [0.15, 0.2) is 0 Å². The zero-order valence-corrected chi connectivity index (χ0v) is 22.8. The molecule has 170 valence electrons. The third kappa shape index (κ3) is 7.56. The van der Waals surface area contributed by atoms with Crippen LogP contribution in [0.4, 0.5) is 0 Å². The smallest absolute Gasteiger partial charge is 0.377 e. The summed E-state index contributed by atoms with van der Waals surface area (Å²) in [6.07, 6.45) is 2.02. The second kappa shape index (κ2) is 14.4. The molecule has 0 bridgehead atoms. The summed E-state index contributed by atoms with van der Waals surface area (Å²) in [7, 11) is 3.60. The predicted octanol–water partition coefficient (Wildman–Crippen LogP) is 3.83. The van der Waals surface area contributed by atoms with Crippen LogP contribution in [0.25, 0.3) is 0 Å². The molecule has 0 radical (unpaired) electrons. The van der Waals surface area contributed by atoms with Gasteiger partial charge in [0.1, 0.15) is 8.24 Å². The largest absolute Gasteiger partial charge is 0.500 e. The van der Waals surface area contributed by atoms with Gasteiger partial charge in [0.05, 0.1) is 0 Å². The lowest BCUT2D eigenvalue weighted by Gasteiger charge is -2.42. The maximum Gasteiger partial charge on any atom is 0.500 e. The summed E-state index contributed by atoms with van der Waals surface area (Å²) < 4.78 is 36.3. The van der Waals surface area contributed by atoms with Gasteiger partial charge in [0.25, 0.3) is 0 Å². The fraction of sp³-hybridized carbons (Fsp3) is 1.00. The normalized spacial score (nSPS) is 13.5. The quantitative estimate of drug-likeness (QED) is 0.291. The molecule has 0 atom stereocenters. The molecule has 0 unspecified atom stereocenters. The Hall–Kier alpha value is 0.371. The SMILES string of the molecule is CC[Si](CC)(CC)N(CCC[Si](OC)(OC)OC)CCC[Si](OC)(OC)OC. The number of hydrogen-bond donors (Lipinski definition) is 0. The van der Waals surface area contributed by atoms with E-state index in [1.54, 1.807) is 42.7 Å². The Morgan fingerprint density at radius 2 is 0.821 bits per heavy atom. The summed E-state index contributed by atoms with van der Waals surface area (Å²) >= 11 is 0. The lowest BCUT2D eigenvalue weighted by molar-refractivity contribution is 0.121. The molecule has 0 spiro atoms. The van der Waals surface area contributed by atoms with E-state index < -0.39 is 25.8 Å². The average molecular weight is 456 g/mol. The van der Waals surface area contributed by atoms with Crippen molar-refractivity contribution in [2.75, 3.05) is 55.7 Å². The van der Waals surface area contributed by atoms with E-state index in [1.165, 1.54) is 18.1 Å². The van der Waals surface area contributed by atoms with Crippen molar-refractivity contribution in [3.8, 4) is 0 Å². The molecule has 0 amide bonds. The summed E-state index contributed by atoms with van der Waals surface area (Å²) in [5.74, 6) is 0. The molecule has 0 saturated heterocycles. The first-order valence-corrected chi connectivity index (χ1v) is 16.9. The number of hydrogen-bond acceptors (Lipinski definition) is 7. The topological polar surface area (TPSA) is 58.6 Å². The van der Waals surface area contributed by atoms with Crippen LogP contribution in [0.3, 0.4) is 0 Å². The molecule has 0 aromatic carbocycles. The van der Waals surface area contributed by atoms with E-state index in [1.807, 2.05) is 0 Å². The fourth-order valence-corrected chi connectivity index (χ4v) is 11.6. The molecule has 0 aromatic heterocycles. The fourth-order valence-electron chi connectivity index (χ4n) is 4.09. The molecule has 28 heavy (non-hydrogen) atoms. The van der Waals surface area contributed by atoms with Crippen LogP contribution in [0.15, 0.2) is 0 Å². The van der Waals surface area contributed by atoms with Crippen LogP contribution in [0.1, 0.15) is 33.6 Å². The zero-order chi connectivity index (χ0) is 21.7. The van der Waals surface area contributed by atoms with E-state index in [4.69, 9.17) is 26.6 Å². The summed E-state index contributed by atoms with van der Waals surface area (Å²) in [6.45, 7) is 9.15. The van der Waals surface area contributed by atoms with Gasteiger partial charge in [-0.1, -0.05) is 20.8 Å². The minimum atomic E-state index is -2.52. The van der Waals surface area contributed by atoms with Crippen molar-refractivity contribution in [1.82, 2.24) is 4.57 Å². The summed E-state index contributed by atoms with van der Waals surface area (Å²) in [4.78, 5) is 0. The molecule has 0 aliphatic rings. The third-order valence-corrected chi connectivity index (χ3v) is 17.7. The lowest BCUT2D eigenvalue weighted by atomic mass is 10.4. The Labute approximate surface area is 176 Å². The molecule has 0 aliphatic carbocycles. The molecule has 0 aliphatic heterocycles. The van der Waals surface area contributed by atoms with Gasteiger partial charge >= 0.3 is 17.6 Å². The Morgan fingerprint density at radius 3 is 1.04 bits per heavy atom. The molecule has 10 heteroatoms. The molecule has 7 nitrogen and oxygen atoms in total. The van der Waals surface area contributed by atoms with Gasteiger partial charge < -0.3 is 31.1 Å². The van der Waals surface area contributed by atoms with Gasteiger partial charge in [-0.3, -0.25) is 0 Å². The molecule has 0 rings (SSSR count). The number of nitrogens with zero attached hydrogens (tertiary/aromatic N) is 1. The Morgan fingerprint density at radius 1 is 0.536 bits per heavy atom.